The fraction of sp³-hybridized carbons (Fsp3) is 0.538. The molecule has 35 heavy (non-hydrogen) atoms. The first kappa shape index (κ1) is 24.8. The fourth-order valence-corrected chi connectivity index (χ4v) is 5.20. The average molecular weight is 482 g/mol. The van der Waals surface area contributed by atoms with E-state index >= 15 is 0 Å². The summed E-state index contributed by atoms with van der Waals surface area (Å²) >= 11 is 0. The van der Waals surface area contributed by atoms with E-state index in [0.717, 1.165) is 36.8 Å². The van der Waals surface area contributed by atoms with Gasteiger partial charge in [-0.15, -0.1) is 0 Å². The SMILES string of the molecule is CCC(C)N(C)C(=O)c1c(C)c(N2CCCC2=O)c(=O)n(C)c1NC1CCCc2cc(=O)[nH]cc21. The van der Waals surface area contributed by atoms with E-state index in [1.807, 2.05) is 13.8 Å². The lowest BCUT2D eigenvalue weighted by Crippen LogP contribution is -2.40. The lowest BCUT2D eigenvalue weighted by Gasteiger charge is -2.32. The maximum absolute atomic E-state index is 13.9. The smallest absolute Gasteiger partial charge is 0.276 e. The van der Waals surface area contributed by atoms with Crippen molar-refractivity contribution in [1.29, 1.82) is 0 Å². The molecule has 2 N–H and O–H groups in total. The second kappa shape index (κ2) is 9.71. The van der Waals surface area contributed by atoms with Crippen LogP contribution in [0.15, 0.2) is 21.9 Å². The van der Waals surface area contributed by atoms with Crippen LogP contribution in [0.25, 0.3) is 0 Å². The Morgan fingerprint density at radius 2 is 2.00 bits per heavy atom. The number of nitrogens with one attached hydrogen (secondary N) is 2. The van der Waals surface area contributed by atoms with E-state index in [4.69, 9.17) is 0 Å². The monoisotopic (exact) mass is 481 g/mol. The zero-order valence-corrected chi connectivity index (χ0v) is 21.2. The summed E-state index contributed by atoms with van der Waals surface area (Å²) in [5.41, 5.74) is 2.70. The van der Waals surface area contributed by atoms with Crippen LogP contribution in [0, 0.1) is 6.92 Å². The topological polar surface area (TPSA) is 108 Å². The number of aromatic nitrogens is 2. The van der Waals surface area contributed by atoms with Crippen molar-refractivity contribution in [2.24, 2.45) is 7.05 Å². The summed E-state index contributed by atoms with van der Waals surface area (Å²) in [5.74, 6) is 0.150. The number of carbonyl (C=O) groups is 2. The lowest BCUT2D eigenvalue weighted by atomic mass is 9.89. The van der Waals surface area contributed by atoms with Gasteiger partial charge in [-0.3, -0.25) is 23.7 Å². The van der Waals surface area contributed by atoms with Gasteiger partial charge >= 0.3 is 0 Å². The number of rotatable bonds is 6. The van der Waals surface area contributed by atoms with Gasteiger partial charge in [0.1, 0.15) is 11.5 Å². The van der Waals surface area contributed by atoms with Crippen LogP contribution in [-0.2, 0) is 18.3 Å². The van der Waals surface area contributed by atoms with Crippen molar-refractivity contribution in [3.05, 3.63) is 55.2 Å². The van der Waals surface area contributed by atoms with Gasteiger partial charge in [0.15, 0.2) is 0 Å². The Bertz CT molecular complexity index is 1280. The minimum Gasteiger partial charge on any atom is -0.364 e. The number of anilines is 2. The third kappa shape index (κ3) is 4.39. The third-order valence-electron chi connectivity index (χ3n) is 7.61. The molecule has 9 nitrogen and oxygen atoms in total. The molecule has 4 rings (SSSR count). The molecular formula is C26H35N5O4. The highest BCUT2D eigenvalue weighted by Crippen LogP contribution is 2.35. The summed E-state index contributed by atoms with van der Waals surface area (Å²) in [4.78, 5) is 57.8. The average Bonchev–Trinajstić information content (AvgIpc) is 3.26. The summed E-state index contributed by atoms with van der Waals surface area (Å²) in [6.07, 6.45) is 6.10. The maximum atomic E-state index is 13.9. The Hall–Kier alpha value is -3.36. The molecule has 9 heteroatoms. The van der Waals surface area contributed by atoms with Gasteiger partial charge in [0.05, 0.1) is 11.6 Å². The van der Waals surface area contributed by atoms with Gasteiger partial charge in [-0.1, -0.05) is 6.92 Å². The van der Waals surface area contributed by atoms with E-state index in [-0.39, 0.29) is 40.7 Å². The molecule has 188 valence electrons. The van der Waals surface area contributed by atoms with E-state index in [9.17, 15) is 19.2 Å². The highest BCUT2D eigenvalue weighted by molar-refractivity contribution is 6.04. The summed E-state index contributed by atoms with van der Waals surface area (Å²) < 4.78 is 1.46. The summed E-state index contributed by atoms with van der Waals surface area (Å²) in [6, 6.07) is 1.46. The predicted molar refractivity (Wildman–Crippen MR) is 136 cm³/mol. The first-order valence-corrected chi connectivity index (χ1v) is 12.4. The molecule has 1 fully saturated rings. The van der Waals surface area contributed by atoms with Crippen LogP contribution in [-0.4, -0.2) is 45.9 Å². The summed E-state index contributed by atoms with van der Waals surface area (Å²) in [7, 11) is 3.41. The van der Waals surface area contributed by atoms with Crippen molar-refractivity contribution in [2.45, 2.75) is 71.4 Å². The Labute approximate surface area is 205 Å². The Morgan fingerprint density at radius 1 is 1.26 bits per heavy atom. The Kier molecular flexibility index (Phi) is 6.87. The molecule has 2 aromatic heterocycles. The molecular weight excluding hydrogens is 446 g/mol. The molecule has 0 bridgehead atoms. The zero-order chi connectivity index (χ0) is 25.4. The van der Waals surface area contributed by atoms with Gasteiger partial charge < -0.3 is 20.1 Å². The lowest BCUT2D eigenvalue weighted by molar-refractivity contribution is -0.117. The van der Waals surface area contributed by atoms with Gasteiger partial charge in [0.25, 0.3) is 11.5 Å². The molecule has 2 amide bonds. The molecule has 0 spiro atoms. The molecule has 0 aromatic carbocycles. The quantitative estimate of drug-likeness (QED) is 0.660. The molecule has 0 radical (unpaired) electrons. The number of hydrogen-bond acceptors (Lipinski definition) is 5. The number of H-pyrrole nitrogens is 1. The van der Waals surface area contributed by atoms with E-state index in [0.29, 0.717) is 36.3 Å². The Morgan fingerprint density at radius 3 is 2.66 bits per heavy atom. The number of hydrogen-bond donors (Lipinski definition) is 2. The Balaban J connectivity index is 1.88. The fourth-order valence-electron chi connectivity index (χ4n) is 5.20. The minimum absolute atomic E-state index is 0.00401. The van der Waals surface area contributed by atoms with Crippen LogP contribution in [0.1, 0.15) is 79.0 Å². The number of nitrogens with zero attached hydrogens (tertiary/aromatic N) is 3. The van der Waals surface area contributed by atoms with Crippen LogP contribution in [0.5, 0.6) is 0 Å². The zero-order valence-electron chi connectivity index (χ0n) is 21.2. The molecule has 2 unspecified atom stereocenters. The number of pyridine rings is 2. The third-order valence-corrected chi connectivity index (χ3v) is 7.61. The molecule has 1 aliphatic heterocycles. The van der Waals surface area contributed by atoms with Crippen LogP contribution in [0.4, 0.5) is 11.5 Å². The van der Waals surface area contributed by atoms with Crippen molar-refractivity contribution >= 4 is 23.3 Å². The predicted octanol–water partition coefficient (Wildman–Crippen LogP) is 2.87. The van der Waals surface area contributed by atoms with E-state index in [2.05, 4.69) is 10.3 Å². The molecule has 1 aliphatic carbocycles. The molecule has 3 heterocycles. The van der Waals surface area contributed by atoms with Crippen LogP contribution >= 0.6 is 0 Å². The van der Waals surface area contributed by atoms with Crippen molar-refractivity contribution in [3.8, 4) is 0 Å². The first-order valence-electron chi connectivity index (χ1n) is 12.4. The van der Waals surface area contributed by atoms with E-state index in [1.54, 1.807) is 38.2 Å². The molecule has 1 saturated heterocycles. The highest BCUT2D eigenvalue weighted by atomic mass is 16.2. The van der Waals surface area contributed by atoms with Crippen molar-refractivity contribution in [1.82, 2.24) is 14.5 Å². The second-order valence-corrected chi connectivity index (χ2v) is 9.75. The molecule has 2 atom stereocenters. The standard InChI is InChI=1S/C26H35N5O4/c1-6-15(2)29(4)25(34)22-16(3)23(31-12-8-11-21(31)33)26(35)30(5)24(22)28-19-10-7-9-17-13-20(32)27-14-18(17)19/h13-15,19,28H,6-12H2,1-5H3,(H,27,32). The van der Waals surface area contributed by atoms with Crippen molar-refractivity contribution in [2.75, 3.05) is 23.8 Å². The second-order valence-electron chi connectivity index (χ2n) is 9.75. The molecule has 0 saturated carbocycles. The molecule has 2 aliphatic rings. The summed E-state index contributed by atoms with van der Waals surface area (Å²) in [5, 5.41) is 3.49. The number of aryl methyl sites for hydroxylation is 1. The number of fused-ring (bicyclic) bond motifs is 1. The first-order chi connectivity index (χ1) is 16.6. The van der Waals surface area contributed by atoms with E-state index in [1.165, 1.54) is 9.47 Å². The van der Waals surface area contributed by atoms with Crippen LogP contribution in [0.3, 0.4) is 0 Å². The minimum atomic E-state index is -0.305. The van der Waals surface area contributed by atoms with Gasteiger partial charge in [-0.2, -0.15) is 0 Å². The van der Waals surface area contributed by atoms with Crippen LogP contribution in [0.2, 0.25) is 0 Å². The van der Waals surface area contributed by atoms with Crippen LogP contribution < -0.4 is 21.3 Å². The van der Waals surface area contributed by atoms with E-state index < -0.39 is 0 Å². The van der Waals surface area contributed by atoms with Gasteiger partial charge in [0, 0.05) is 45.4 Å². The normalized spacial score (nSPS) is 18.4. The number of carbonyl (C=O) groups excluding carboxylic acids is 2. The number of amides is 2. The van der Waals surface area contributed by atoms with Gasteiger partial charge in [0.2, 0.25) is 11.5 Å². The largest absolute Gasteiger partial charge is 0.364 e. The summed E-state index contributed by atoms with van der Waals surface area (Å²) in [6.45, 7) is 6.24. The van der Waals surface area contributed by atoms with Crippen molar-refractivity contribution < 1.29 is 9.59 Å². The van der Waals surface area contributed by atoms with Crippen molar-refractivity contribution in [3.63, 3.8) is 0 Å². The molecule has 2 aromatic rings. The highest BCUT2D eigenvalue weighted by Gasteiger charge is 2.33. The van der Waals surface area contributed by atoms with Gasteiger partial charge in [-0.05, 0) is 62.6 Å². The van der Waals surface area contributed by atoms with Gasteiger partial charge in [-0.25, -0.2) is 0 Å². The maximum Gasteiger partial charge on any atom is 0.276 e. The number of aromatic amines is 1.